The van der Waals surface area contributed by atoms with Crippen LogP contribution in [0.4, 0.5) is 0 Å². The Morgan fingerprint density at radius 1 is 1.22 bits per heavy atom. The standard InChI is InChI=1S/C16H24ClN/c1-11-9-16(3,4)10-15(11)18-12(2)13-5-7-14(17)8-6-13/h5-8,11-12,15,18H,9-10H2,1-4H3/t11?,12-,15?/m1/s1. The van der Waals surface area contributed by atoms with E-state index in [0.717, 1.165) is 10.9 Å². The molecule has 1 fully saturated rings. The van der Waals surface area contributed by atoms with Crippen LogP contribution in [-0.2, 0) is 0 Å². The van der Waals surface area contributed by atoms with Gasteiger partial charge in [0, 0.05) is 17.1 Å². The number of hydrogen-bond acceptors (Lipinski definition) is 1. The van der Waals surface area contributed by atoms with E-state index in [-0.39, 0.29) is 0 Å². The summed E-state index contributed by atoms with van der Waals surface area (Å²) in [5.41, 5.74) is 1.80. The number of benzene rings is 1. The summed E-state index contributed by atoms with van der Waals surface area (Å²) in [5, 5.41) is 4.58. The van der Waals surface area contributed by atoms with Gasteiger partial charge in [-0.1, -0.05) is 44.5 Å². The summed E-state index contributed by atoms with van der Waals surface area (Å²) in [5.74, 6) is 0.759. The summed E-state index contributed by atoms with van der Waals surface area (Å²) >= 11 is 5.93. The Morgan fingerprint density at radius 3 is 2.33 bits per heavy atom. The van der Waals surface area contributed by atoms with Gasteiger partial charge >= 0.3 is 0 Å². The molecular weight excluding hydrogens is 242 g/mol. The molecule has 1 aliphatic rings. The fourth-order valence-electron chi connectivity index (χ4n) is 3.29. The molecule has 2 unspecified atom stereocenters. The average Bonchev–Trinajstić information content (AvgIpc) is 2.52. The first-order valence-corrected chi connectivity index (χ1v) is 7.27. The van der Waals surface area contributed by atoms with E-state index < -0.39 is 0 Å². The van der Waals surface area contributed by atoms with Gasteiger partial charge in [0.1, 0.15) is 0 Å². The quantitative estimate of drug-likeness (QED) is 0.827. The van der Waals surface area contributed by atoms with Gasteiger partial charge in [0.05, 0.1) is 0 Å². The van der Waals surface area contributed by atoms with Gasteiger partial charge in [0.25, 0.3) is 0 Å². The second-order valence-corrected chi connectivity index (χ2v) is 7.03. The summed E-state index contributed by atoms with van der Waals surface area (Å²) in [7, 11) is 0. The van der Waals surface area contributed by atoms with E-state index in [1.54, 1.807) is 0 Å². The maximum atomic E-state index is 5.93. The van der Waals surface area contributed by atoms with E-state index in [0.29, 0.717) is 17.5 Å². The molecule has 0 radical (unpaired) electrons. The van der Waals surface area contributed by atoms with Gasteiger partial charge in [-0.15, -0.1) is 0 Å². The molecule has 0 bridgehead atoms. The minimum absolute atomic E-state index is 0.392. The Kier molecular flexibility index (Phi) is 4.03. The van der Waals surface area contributed by atoms with E-state index in [9.17, 15) is 0 Å². The van der Waals surface area contributed by atoms with Crippen molar-refractivity contribution in [2.75, 3.05) is 0 Å². The van der Waals surface area contributed by atoms with Crippen LogP contribution >= 0.6 is 11.6 Å². The average molecular weight is 266 g/mol. The molecule has 0 spiro atoms. The minimum Gasteiger partial charge on any atom is -0.307 e. The van der Waals surface area contributed by atoms with Crippen molar-refractivity contribution in [2.45, 2.75) is 52.6 Å². The second-order valence-electron chi connectivity index (χ2n) is 6.60. The molecule has 0 amide bonds. The van der Waals surface area contributed by atoms with E-state index in [2.05, 4.69) is 45.1 Å². The van der Waals surface area contributed by atoms with Crippen molar-refractivity contribution in [1.82, 2.24) is 5.32 Å². The number of rotatable bonds is 3. The molecular formula is C16H24ClN. The van der Waals surface area contributed by atoms with Gasteiger partial charge in [-0.3, -0.25) is 0 Å². The van der Waals surface area contributed by atoms with Crippen LogP contribution in [0.5, 0.6) is 0 Å². The highest BCUT2D eigenvalue weighted by Crippen LogP contribution is 2.41. The maximum absolute atomic E-state index is 5.93. The van der Waals surface area contributed by atoms with Crippen LogP contribution in [0.25, 0.3) is 0 Å². The lowest BCUT2D eigenvalue weighted by Crippen LogP contribution is -2.33. The zero-order valence-corrected chi connectivity index (χ0v) is 12.6. The van der Waals surface area contributed by atoms with Gasteiger partial charge < -0.3 is 5.32 Å². The van der Waals surface area contributed by atoms with Crippen LogP contribution in [0, 0.1) is 11.3 Å². The van der Waals surface area contributed by atoms with Crippen LogP contribution in [-0.4, -0.2) is 6.04 Å². The zero-order chi connectivity index (χ0) is 13.3. The number of hydrogen-bond donors (Lipinski definition) is 1. The molecule has 0 aliphatic heterocycles. The molecule has 1 aromatic carbocycles. The van der Waals surface area contributed by atoms with Crippen molar-refractivity contribution in [1.29, 1.82) is 0 Å². The van der Waals surface area contributed by atoms with Crippen LogP contribution in [0.1, 0.15) is 52.1 Å². The molecule has 1 aliphatic carbocycles. The lowest BCUT2D eigenvalue weighted by molar-refractivity contribution is 0.356. The zero-order valence-electron chi connectivity index (χ0n) is 11.8. The number of halogens is 1. The maximum Gasteiger partial charge on any atom is 0.0406 e. The van der Waals surface area contributed by atoms with Gasteiger partial charge in [0.15, 0.2) is 0 Å². The predicted octanol–water partition coefficient (Wildman–Crippen LogP) is 4.82. The molecule has 18 heavy (non-hydrogen) atoms. The molecule has 0 aromatic heterocycles. The van der Waals surface area contributed by atoms with Crippen molar-refractivity contribution < 1.29 is 0 Å². The third kappa shape index (κ3) is 3.27. The summed E-state index contributed by atoms with van der Waals surface area (Å²) < 4.78 is 0. The third-order valence-corrected chi connectivity index (χ3v) is 4.42. The predicted molar refractivity (Wildman–Crippen MR) is 79.0 cm³/mol. The van der Waals surface area contributed by atoms with Crippen molar-refractivity contribution in [3.8, 4) is 0 Å². The fourth-order valence-corrected chi connectivity index (χ4v) is 3.41. The Morgan fingerprint density at radius 2 is 1.83 bits per heavy atom. The van der Waals surface area contributed by atoms with E-state index in [1.807, 2.05) is 12.1 Å². The highest BCUT2D eigenvalue weighted by atomic mass is 35.5. The smallest absolute Gasteiger partial charge is 0.0406 e. The lowest BCUT2D eigenvalue weighted by atomic mass is 9.91. The fraction of sp³-hybridized carbons (Fsp3) is 0.625. The Labute approximate surface area is 116 Å². The third-order valence-electron chi connectivity index (χ3n) is 4.17. The minimum atomic E-state index is 0.392. The first kappa shape index (κ1) is 13.9. The van der Waals surface area contributed by atoms with Crippen LogP contribution in [0.2, 0.25) is 5.02 Å². The first-order chi connectivity index (χ1) is 8.37. The van der Waals surface area contributed by atoms with Gasteiger partial charge in [-0.25, -0.2) is 0 Å². The Bertz CT molecular complexity index is 396. The lowest BCUT2D eigenvalue weighted by Gasteiger charge is -2.24. The Hall–Kier alpha value is -0.530. The molecule has 1 nitrogen and oxygen atoms in total. The number of nitrogens with one attached hydrogen (secondary N) is 1. The van der Waals surface area contributed by atoms with Crippen molar-refractivity contribution in [3.05, 3.63) is 34.9 Å². The second kappa shape index (κ2) is 5.22. The van der Waals surface area contributed by atoms with Crippen LogP contribution < -0.4 is 5.32 Å². The van der Waals surface area contributed by atoms with E-state index >= 15 is 0 Å². The molecule has 1 aromatic rings. The SMILES string of the molecule is CC1CC(C)(C)CC1N[C@H](C)c1ccc(Cl)cc1. The summed E-state index contributed by atoms with van der Waals surface area (Å²) in [6, 6.07) is 9.19. The van der Waals surface area contributed by atoms with E-state index in [1.165, 1.54) is 18.4 Å². The first-order valence-electron chi connectivity index (χ1n) is 6.89. The molecule has 2 heteroatoms. The highest BCUT2D eigenvalue weighted by Gasteiger charge is 2.36. The Balaban J connectivity index is 1.99. The molecule has 3 atom stereocenters. The molecule has 100 valence electrons. The molecule has 1 N–H and O–H groups in total. The van der Waals surface area contributed by atoms with Crippen molar-refractivity contribution in [3.63, 3.8) is 0 Å². The topological polar surface area (TPSA) is 12.0 Å². The molecule has 0 saturated heterocycles. The summed E-state index contributed by atoms with van der Waals surface area (Å²) in [6.45, 7) is 9.35. The molecule has 1 saturated carbocycles. The van der Waals surface area contributed by atoms with Gasteiger partial charge in [-0.05, 0) is 48.8 Å². The van der Waals surface area contributed by atoms with Gasteiger partial charge in [-0.2, -0.15) is 0 Å². The summed E-state index contributed by atoms with van der Waals surface area (Å²) in [6.07, 6.45) is 2.59. The highest BCUT2D eigenvalue weighted by molar-refractivity contribution is 6.30. The van der Waals surface area contributed by atoms with Crippen molar-refractivity contribution >= 4 is 11.6 Å². The normalized spacial score (nSPS) is 28.3. The molecule has 2 rings (SSSR count). The van der Waals surface area contributed by atoms with E-state index in [4.69, 9.17) is 11.6 Å². The monoisotopic (exact) mass is 265 g/mol. The van der Waals surface area contributed by atoms with Crippen molar-refractivity contribution in [2.24, 2.45) is 11.3 Å². The van der Waals surface area contributed by atoms with Crippen LogP contribution in [0.3, 0.4) is 0 Å². The van der Waals surface area contributed by atoms with Gasteiger partial charge in [0.2, 0.25) is 0 Å². The molecule has 0 heterocycles. The van der Waals surface area contributed by atoms with Crippen LogP contribution in [0.15, 0.2) is 24.3 Å². The largest absolute Gasteiger partial charge is 0.307 e. The summed E-state index contributed by atoms with van der Waals surface area (Å²) in [4.78, 5) is 0.